The molecule has 3 aliphatic carbocycles. The Bertz CT molecular complexity index is 2020. The number of benzene rings is 1. The van der Waals surface area contributed by atoms with Crippen LogP contribution in [-0.2, 0) is 54.0 Å². The van der Waals surface area contributed by atoms with Gasteiger partial charge >= 0.3 is 5.97 Å². The molecule has 0 unspecified atom stereocenters. The first kappa shape index (κ1) is 53.2. The molecule has 0 N–H and O–H groups in total. The van der Waals surface area contributed by atoms with Gasteiger partial charge in [0.1, 0.15) is 31.0 Å². The number of ketones is 1. The summed E-state index contributed by atoms with van der Waals surface area (Å²) in [7, 11) is 7.22. The fraction of sp³-hybridized carbons (Fsp3) is 0.727. The number of allylic oxidation sites excluding steroid dienone is 4. The van der Waals surface area contributed by atoms with Gasteiger partial charge in [-0.1, -0.05) is 56.7 Å². The van der Waals surface area contributed by atoms with E-state index in [0.29, 0.717) is 12.5 Å². The Labute approximate surface area is 416 Å². The highest BCUT2D eigenvalue weighted by molar-refractivity contribution is 5.99. The predicted octanol–water partition coefficient (Wildman–Crippen LogP) is 5.56. The van der Waals surface area contributed by atoms with Crippen LogP contribution in [0.1, 0.15) is 111 Å². The number of halogens is 1. The molecule has 3 aliphatic heterocycles. The number of hydrogen-bond acceptors (Lipinski definition) is 11. The lowest BCUT2D eigenvalue weighted by atomic mass is 9.70. The third-order valence-electron chi connectivity index (χ3n) is 16.6. The SMILES string of the molecule is CC[C@H]1CCC[C@H](O[C@H]2CC[C@H](N(C)CCCCCC[n+]3ccc4ccccc4c3)[C@@H](C)O2)[C@@H](C)C(=O)C2=C[C@@H]3[C@@H](C=C[C@@H]4C[C@@H](O[C@@H]5O[C@@H](C)[C@H](OC)[C@@H](OC)[C@H]5OC)C[C@@H]34)[C@@H]2CC(=O)O1.[Br-]. The summed E-state index contributed by atoms with van der Waals surface area (Å²) in [6.45, 7) is 10.4. The van der Waals surface area contributed by atoms with E-state index in [1.807, 2.05) is 13.8 Å². The van der Waals surface area contributed by atoms with E-state index in [9.17, 15) is 9.59 Å². The Morgan fingerprint density at radius 3 is 2.31 bits per heavy atom. The highest BCUT2D eigenvalue weighted by atomic mass is 79.9. The molecule has 0 radical (unpaired) electrons. The molecule has 13 heteroatoms. The largest absolute Gasteiger partial charge is 1.00 e. The van der Waals surface area contributed by atoms with Crippen molar-refractivity contribution in [2.24, 2.45) is 35.5 Å². The molecule has 8 rings (SSSR count). The molecule has 4 fully saturated rings. The number of rotatable bonds is 16. The molecule has 0 spiro atoms. The second-order valence-corrected chi connectivity index (χ2v) is 20.7. The molecule has 6 aliphatic rings. The monoisotopic (exact) mass is 1010 g/mol. The van der Waals surface area contributed by atoms with E-state index in [-0.39, 0.29) is 120 Å². The number of aryl methyl sites for hydroxylation is 1. The number of likely N-dealkylation sites (N-methyl/N-ethyl adjacent to an activating group) is 1. The number of Topliss-reactive ketones (excluding diaryl/α,β-unsaturated/α-hetero) is 1. The van der Waals surface area contributed by atoms with Crippen LogP contribution in [0.15, 0.2) is 66.5 Å². The minimum absolute atomic E-state index is 0. The summed E-state index contributed by atoms with van der Waals surface area (Å²) in [4.78, 5) is 31.1. The average molecular weight is 1010 g/mol. The van der Waals surface area contributed by atoms with Crippen LogP contribution in [0.25, 0.3) is 10.8 Å². The van der Waals surface area contributed by atoms with Crippen molar-refractivity contribution < 1.29 is 69.0 Å². The second-order valence-electron chi connectivity index (χ2n) is 20.7. The Balaban J connectivity index is 0.00000684. The average Bonchev–Trinajstić information content (AvgIpc) is 3.91. The van der Waals surface area contributed by atoms with E-state index in [0.717, 1.165) is 70.0 Å². The van der Waals surface area contributed by atoms with Gasteiger partial charge < -0.3 is 59.8 Å². The zero-order valence-electron chi connectivity index (χ0n) is 42.0. The number of fused-ring (bicyclic) bond motifs is 6. The van der Waals surface area contributed by atoms with E-state index in [2.05, 4.69) is 91.3 Å². The maximum absolute atomic E-state index is 14.9. The van der Waals surface area contributed by atoms with Gasteiger partial charge in [0, 0.05) is 57.1 Å². The van der Waals surface area contributed by atoms with Crippen molar-refractivity contribution in [3.05, 3.63) is 66.5 Å². The minimum Gasteiger partial charge on any atom is -1.00 e. The number of carbonyl (C=O) groups is 2. The van der Waals surface area contributed by atoms with Crippen LogP contribution in [0.5, 0.6) is 0 Å². The van der Waals surface area contributed by atoms with Gasteiger partial charge in [-0.3, -0.25) is 9.59 Å². The Morgan fingerprint density at radius 1 is 0.794 bits per heavy atom. The number of aromatic nitrogens is 1. The lowest BCUT2D eigenvalue weighted by Crippen LogP contribution is -3.00. The smallest absolute Gasteiger partial charge is 0.306 e. The summed E-state index contributed by atoms with van der Waals surface area (Å²) in [6, 6.07) is 11.1. The molecule has 12 nitrogen and oxygen atoms in total. The quantitative estimate of drug-likeness (QED) is 0.0912. The van der Waals surface area contributed by atoms with E-state index < -0.39 is 12.4 Å². The van der Waals surface area contributed by atoms with Crippen molar-refractivity contribution in [1.82, 2.24) is 4.90 Å². The number of esters is 1. The zero-order chi connectivity index (χ0) is 47.2. The van der Waals surface area contributed by atoms with E-state index in [1.165, 1.54) is 30.0 Å². The molecule has 1 saturated carbocycles. The highest BCUT2D eigenvalue weighted by Crippen LogP contribution is 2.54. The fourth-order valence-corrected chi connectivity index (χ4v) is 12.8. The van der Waals surface area contributed by atoms with Crippen molar-refractivity contribution in [3.63, 3.8) is 0 Å². The summed E-state index contributed by atoms with van der Waals surface area (Å²) >= 11 is 0. The third-order valence-corrected chi connectivity index (χ3v) is 16.6. The standard InChI is InChI=1S/C55H81N2O10.BrH/c1-9-40-19-16-20-48(67-50-24-23-47(35(3)63-50)56(5)26-14-10-11-15-27-57-28-25-37-17-12-13-18-39(37)33-57)34(2)51(59)46-31-44-42(45(46)32-49(58)65-40)22-21-38-29-41(30-43(38)44)66-55-54(62-8)53(61-7)52(60-6)36(4)64-55;/h12-13,17-18,21-22,25,28,31,33-36,38,40-45,47-48,50,52-55H,9-11,14-16,19-20,23-24,26-27,29-30,32H2,1-8H3;1H/q+1;/p-1/t34-,35-,36+,38-,40+,41-,42-,43-,44-,45+,47+,48+,50+,52+,53-,54-,55+;/m1./s1. The molecule has 68 heavy (non-hydrogen) atoms. The third kappa shape index (κ3) is 12.2. The normalized spacial score (nSPS) is 37.6. The molecule has 1 aromatic heterocycles. The molecular weight excluding hydrogens is 929 g/mol. The number of unbranched alkanes of at least 4 members (excludes halogenated alkanes) is 3. The maximum atomic E-state index is 14.9. The summed E-state index contributed by atoms with van der Waals surface area (Å²) < 4.78 is 52.6. The lowest BCUT2D eigenvalue weighted by Gasteiger charge is -2.44. The van der Waals surface area contributed by atoms with Crippen LogP contribution in [0.3, 0.4) is 0 Å². The first-order valence-electron chi connectivity index (χ1n) is 25.9. The first-order chi connectivity index (χ1) is 32.5. The molecule has 378 valence electrons. The summed E-state index contributed by atoms with van der Waals surface area (Å²) in [5, 5.41) is 2.57. The lowest BCUT2D eigenvalue weighted by molar-refractivity contribution is -0.696. The van der Waals surface area contributed by atoms with Gasteiger partial charge in [0.05, 0.1) is 30.8 Å². The number of methoxy groups -OCH3 is 3. The van der Waals surface area contributed by atoms with Crippen LogP contribution in [-0.4, -0.2) is 119 Å². The van der Waals surface area contributed by atoms with Crippen molar-refractivity contribution in [1.29, 1.82) is 0 Å². The molecule has 4 heterocycles. The number of hydrogen-bond donors (Lipinski definition) is 0. The molecule has 1 aromatic carbocycles. The van der Waals surface area contributed by atoms with Crippen LogP contribution in [0.4, 0.5) is 0 Å². The molecule has 17 atom stereocenters. The highest BCUT2D eigenvalue weighted by Gasteiger charge is 2.53. The predicted molar refractivity (Wildman–Crippen MR) is 256 cm³/mol. The number of cyclic esters (lactones) is 1. The van der Waals surface area contributed by atoms with Crippen molar-refractivity contribution in [3.8, 4) is 0 Å². The summed E-state index contributed by atoms with van der Waals surface area (Å²) in [5.41, 5.74) is 0.765. The number of pyridine rings is 1. The van der Waals surface area contributed by atoms with E-state index >= 15 is 0 Å². The zero-order valence-corrected chi connectivity index (χ0v) is 43.6. The van der Waals surface area contributed by atoms with Crippen LogP contribution < -0.4 is 21.5 Å². The topological polar surface area (TPSA) is 115 Å². The van der Waals surface area contributed by atoms with Crippen LogP contribution >= 0.6 is 0 Å². The van der Waals surface area contributed by atoms with Crippen molar-refractivity contribution in [2.45, 2.75) is 185 Å². The Kier molecular flexibility index (Phi) is 19.3. The molecule has 0 bridgehead atoms. The number of ether oxygens (including phenoxy) is 8. The molecule has 0 amide bonds. The van der Waals surface area contributed by atoms with Gasteiger partial charge in [0.15, 0.2) is 30.8 Å². The summed E-state index contributed by atoms with van der Waals surface area (Å²) in [5.74, 6) is -0.0637. The van der Waals surface area contributed by atoms with Gasteiger partial charge in [0.25, 0.3) is 0 Å². The first-order valence-corrected chi connectivity index (χ1v) is 25.9. The number of nitrogens with zero attached hydrogens (tertiary/aromatic N) is 2. The van der Waals surface area contributed by atoms with Gasteiger partial charge in [-0.15, -0.1) is 0 Å². The second kappa shape index (κ2) is 24.7. The van der Waals surface area contributed by atoms with Crippen molar-refractivity contribution in [2.75, 3.05) is 34.9 Å². The molecular formula is C55H81BrN2O10. The number of carbonyl (C=O) groups excluding carboxylic acids is 2. The van der Waals surface area contributed by atoms with Crippen LogP contribution in [0.2, 0.25) is 0 Å². The van der Waals surface area contributed by atoms with Crippen LogP contribution in [0, 0.1) is 35.5 Å². The van der Waals surface area contributed by atoms with Gasteiger partial charge in [0.2, 0.25) is 0 Å². The Morgan fingerprint density at radius 2 is 1.56 bits per heavy atom. The molecule has 2 aromatic rings. The Hall–Kier alpha value is -2.59. The summed E-state index contributed by atoms with van der Waals surface area (Å²) in [6.07, 6.45) is 19.9. The molecule has 3 saturated heterocycles. The van der Waals surface area contributed by atoms with E-state index in [1.54, 1.807) is 21.3 Å². The van der Waals surface area contributed by atoms with Gasteiger partial charge in [-0.25, -0.2) is 4.57 Å². The fourth-order valence-electron chi connectivity index (χ4n) is 12.8. The minimum atomic E-state index is -0.603. The van der Waals surface area contributed by atoms with Gasteiger partial charge in [-0.2, -0.15) is 0 Å². The van der Waals surface area contributed by atoms with Crippen molar-refractivity contribution >= 4 is 22.5 Å². The van der Waals surface area contributed by atoms with E-state index in [4.69, 9.17) is 37.9 Å². The van der Waals surface area contributed by atoms with Gasteiger partial charge in [-0.05, 0) is 132 Å². The maximum Gasteiger partial charge on any atom is 0.306 e.